The molecule has 0 unspecified atom stereocenters. The van der Waals surface area contributed by atoms with E-state index in [2.05, 4.69) is 6.07 Å². The van der Waals surface area contributed by atoms with Crippen molar-refractivity contribution in [1.82, 2.24) is 4.90 Å². The first-order valence-electron chi connectivity index (χ1n) is 7.78. The summed E-state index contributed by atoms with van der Waals surface area (Å²) >= 11 is 0. The highest BCUT2D eigenvalue weighted by atomic mass is 16.5. The molecule has 0 aromatic heterocycles. The lowest BCUT2D eigenvalue weighted by Gasteiger charge is -2.38. The summed E-state index contributed by atoms with van der Waals surface area (Å²) in [4.78, 5) is 14.6. The van der Waals surface area contributed by atoms with Crippen LogP contribution in [0.4, 0.5) is 0 Å². The molecule has 5 heteroatoms. The molecule has 0 bridgehead atoms. The fourth-order valence-electron chi connectivity index (χ4n) is 3.33. The summed E-state index contributed by atoms with van der Waals surface area (Å²) in [6.07, 6.45) is 2.78. The largest absolute Gasteiger partial charge is 0.481 e. The van der Waals surface area contributed by atoms with Crippen LogP contribution >= 0.6 is 0 Å². The molecule has 5 nitrogen and oxygen atoms in total. The molecule has 1 aromatic carbocycles. The smallest absolute Gasteiger partial charge is 0.263 e. The van der Waals surface area contributed by atoms with E-state index in [1.54, 1.807) is 31.2 Å². The molecule has 1 aliphatic carbocycles. The molecule has 1 aromatic rings. The van der Waals surface area contributed by atoms with Crippen LogP contribution < -0.4 is 4.74 Å². The number of nitriles is 1. The number of hydrogen-bond acceptors (Lipinski definition) is 4. The number of amides is 1. The maximum absolute atomic E-state index is 12.7. The lowest BCUT2D eigenvalue weighted by molar-refractivity contribution is -0.150. The van der Waals surface area contributed by atoms with E-state index in [-0.39, 0.29) is 18.1 Å². The summed E-state index contributed by atoms with van der Waals surface area (Å²) in [5, 5.41) is 8.92. The zero-order valence-electron chi connectivity index (χ0n) is 12.7. The van der Waals surface area contributed by atoms with Gasteiger partial charge >= 0.3 is 0 Å². The minimum atomic E-state index is -0.562. The number of hydrogen-bond donors (Lipinski definition) is 0. The van der Waals surface area contributed by atoms with Crippen LogP contribution in [0.2, 0.25) is 0 Å². The monoisotopic (exact) mass is 300 g/mol. The molecule has 116 valence electrons. The van der Waals surface area contributed by atoms with Crippen molar-refractivity contribution < 1.29 is 14.3 Å². The molecule has 1 aliphatic heterocycles. The maximum Gasteiger partial charge on any atom is 0.263 e. The Bertz CT molecular complexity index is 596. The van der Waals surface area contributed by atoms with Crippen LogP contribution in [-0.4, -0.2) is 42.2 Å². The molecule has 2 fully saturated rings. The van der Waals surface area contributed by atoms with Crippen LogP contribution in [0.5, 0.6) is 5.75 Å². The molecular formula is C17H20N2O3. The molecule has 3 rings (SSSR count). The van der Waals surface area contributed by atoms with Gasteiger partial charge in [-0.25, -0.2) is 0 Å². The third-order valence-corrected chi connectivity index (χ3v) is 4.39. The molecule has 1 saturated carbocycles. The number of ether oxygens (including phenoxy) is 2. The Morgan fingerprint density at radius 1 is 1.50 bits per heavy atom. The highest BCUT2D eigenvalue weighted by Gasteiger charge is 2.39. The van der Waals surface area contributed by atoms with Gasteiger partial charge in [0.1, 0.15) is 5.75 Å². The zero-order chi connectivity index (χ0) is 15.5. The highest BCUT2D eigenvalue weighted by molar-refractivity contribution is 5.81. The number of fused-ring (bicyclic) bond motifs is 1. The Hall–Kier alpha value is -2.06. The minimum absolute atomic E-state index is 0.00237. The van der Waals surface area contributed by atoms with E-state index in [1.807, 2.05) is 4.90 Å². The molecule has 2 aliphatic rings. The summed E-state index contributed by atoms with van der Waals surface area (Å²) in [6.45, 7) is 3.00. The van der Waals surface area contributed by atoms with Crippen LogP contribution in [0.25, 0.3) is 0 Å². The fraction of sp³-hybridized carbons (Fsp3) is 0.529. The summed E-state index contributed by atoms with van der Waals surface area (Å²) in [5.41, 5.74) is 0.527. The van der Waals surface area contributed by atoms with Gasteiger partial charge in [0.25, 0.3) is 5.91 Å². The van der Waals surface area contributed by atoms with Crippen molar-refractivity contribution in [3.8, 4) is 11.8 Å². The van der Waals surface area contributed by atoms with E-state index in [0.29, 0.717) is 24.5 Å². The first-order chi connectivity index (χ1) is 10.7. The van der Waals surface area contributed by atoms with Gasteiger partial charge in [0, 0.05) is 6.54 Å². The summed E-state index contributed by atoms with van der Waals surface area (Å²) in [6, 6.07) is 9.15. The number of carbonyl (C=O) groups is 1. The van der Waals surface area contributed by atoms with E-state index in [0.717, 1.165) is 19.3 Å². The Morgan fingerprint density at radius 3 is 3.18 bits per heavy atom. The van der Waals surface area contributed by atoms with Crippen molar-refractivity contribution in [1.29, 1.82) is 5.26 Å². The van der Waals surface area contributed by atoms with E-state index < -0.39 is 6.10 Å². The molecule has 1 saturated heterocycles. The van der Waals surface area contributed by atoms with Gasteiger partial charge in [-0.15, -0.1) is 0 Å². The predicted octanol–water partition coefficient (Wildman–Crippen LogP) is 2.11. The van der Waals surface area contributed by atoms with Crippen molar-refractivity contribution >= 4 is 5.91 Å². The van der Waals surface area contributed by atoms with Crippen LogP contribution in [-0.2, 0) is 9.53 Å². The number of carbonyl (C=O) groups excluding carboxylic acids is 1. The van der Waals surface area contributed by atoms with Gasteiger partial charge in [-0.05, 0) is 44.4 Å². The predicted molar refractivity (Wildman–Crippen MR) is 80.3 cm³/mol. The van der Waals surface area contributed by atoms with E-state index in [4.69, 9.17) is 14.7 Å². The standard InChI is InChI=1S/C17H20N2O3/c1-12(22-14-5-2-4-13(10-14)11-18)17(20)19-8-9-21-16-7-3-6-15(16)19/h2,4-5,10,12,15-16H,3,6-9H2,1H3/t12-,15+,16-/m0/s1. The second-order valence-corrected chi connectivity index (χ2v) is 5.84. The van der Waals surface area contributed by atoms with Gasteiger partial charge in [0.05, 0.1) is 30.4 Å². The van der Waals surface area contributed by atoms with Crippen LogP contribution in [0.15, 0.2) is 24.3 Å². The second kappa shape index (κ2) is 6.37. The van der Waals surface area contributed by atoms with Crippen LogP contribution in [0, 0.1) is 11.3 Å². The molecule has 0 spiro atoms. The van der Waals surface area contributed by atoms with Crippen molar-refractivity contribution in [2.75, 3.05) is 13.2 Å². The van der Waals surface area contributed by atoms with Crippen LogP contribution in [0.1, 0.15) is 31.7 Å². The minimum Gasteiger partial charge on any atom is -0.481 e. The van der Waals surface area contributed by atoms with E-state index >= 15 is 0 Å². The van der Waals surface area contributed by atoms with Crippen LogP contribution in [0.3, 0.4) is 0 Å². The van der Waals surface area contributed by atoms with Crippen molar-refractivity contribution in [2.45, 2.75) is 44.4 Å². The second-order valence-electron chi connectivity index (χ2n) is 5.84. The highest BCUT2D eigenvalue weighted by Crippen LogP contribution is 2.30. The maximum atomic E-state index is 12.7. The lowest BCUT2D eigenvalue weighted by atomic mass is 10.1. The van der Waals surface area contributed by atoms with E-state index in [9.17, 15) is 4.79 Å². The third kappa shape index (κ3) is 2.93. The summed E-state index contributed by atoms with van der Waals surface area (Å²) < 4.78 is 11.5. The number of benzene rings is 1. The number of rotatable bonds is 3. The molecule has 0 N–H and O–H groups in total. The lowest BCUT2D eigenvalue weighted by Crippen LogP contribution is -2.54. The zero-order valence-corrected chi connectivity index (χ0v) is 12.7. The van der Waals surface area contributed by atoms with Crippen molar-refractivity contribution in [3.63, 3.8) is 0 Å². The third-order valence-electron chi connectivity index (χ3n) is 4.39. The average molecular weight is 300 g/mol. The SMILES string of the molecule is C[C@H](Oc1cccc(C#N)c1)C(=O)N1CCO[C@H]2CCC[C@H]21. The molecule has 0 radical (unpaired) electrons. The molecular weight excluding hydrogens is 280 g/mol. The molecule has 3 atom stereocenters. The van der Waals surface area contributed by atoms with Gasteiger partial charge < -0.3 is 14.4 Å². The Balaban J connectivity index is 1.67. The van der Waals surface area contributed by atoms with Gasteiger partial charge in [-0.2, -0.15) is 5.26 Å². The van der Waals surface area contributed by atoms with Gasteiger partial charge in [0.15, 0.2) is 6.10 Å². The Labute approximate surface area is 130 Å². The fourth-order valence-corrected chi connectivity index (χ4v) is 3.33. The average Bonchev–Trinajstić information content (AvgIpc) is 3.02. The summed E-state index contributed by atoms with van der Waals surface area (Å²) in [5.74, 6) is 0.554. The molecule has 1 heterocycles. The molecule has 1 amide bonds. The first kappa shape index (κ1) is 14.9. The Kier molecular flexibility index (Phi) is 4.30. The van der Waals surface area contributed by atoms with Gasteiger partial charge in [-0.3, -0.25) is 4.79 Å². The topological polar surface area (TPSA) is 62.6 Å². The molecule has 22 heavy (non-hydrogen) atoms. The number of nitrogens with zero attached hydrogens (tertiary/aromatic N) is 2. The van der Waals surface area contributed by atoms with Gasteiger partial charge in [-0.1, -0.05) is 6.07 Å². The normalized spacial score (nSPS) is 25.2. The number of morpholine rings is 1. The van der Waals surface area contributed by atoms with Gasteiger partial charge in [0.2, 0.25) is 0 Å². The van der Waals surface area contributed by atoms with Crippen molar-refractivity contribution in [2.24, 2.45) is 0 Å². The van der Waals surface area contributed by atoms with Crippen molar-refractivity contribution in [3.05, 3.63) is 29.8 Å². The Morgan fingerprint density at radius 2 is 2.36 bits per heavy atom. The van der Waals surface area contributed by atoms with E-state index in [1.165, 1.54) is 0 Å². The first-order valence-corrected chi connectivity index (χ1v) is 7.78. The summed E-state index contributed by atoms with van der Waals surface area (Å²) in [7, 11) is 0. The quantitative estimate of drug-likeness (QED) is 0.857.